The maximum Gasteiger partial charge on any atom is 0.0422 e. The highest BCUT2D eigenvalue weighted by atomic mass is 14.9. The maximum absolute atomic E-state index is 3.70. The van der Waals surface area contributed by atoms with Crippen LogP contribution in [0.15, 0.2) is 146 Å². The standard InChI is InChI=1S/C33H27N/c1-5-15-26(16-6-1)25-34-31-24-14-13-23-30(31)33(29-21-11-4-12-22-29)32(27-17-7-2-8-18-27)28-19-9-3-10-20-28/h1-24,34H,25H2. The third kappa shape index (κ3) is 4.84. The molecule has 5 aromatic carbocycles. The Kier molecular flexibility index (Phi) is 6.64. The van der Waals surface area contributed by atoms with Gasteiger partial charge in [-0.3, -0.25) is 0 Å². The Hall–Kier alpha value is -4.36. The molecule has 0 heterocycles. The Balaban J connectivity index is 1.74. The molecule has 0 bridgehead atoms. The Labute approximate surface area is 202 Å². The minimum absolute atomic E-state index is 0.770. The minimum Gasteiger partial charge on any atom is -0.380 e. The third-order valence-corrected chi connectivity index (χ3v) is 5.96. The summed E-state index contributed by atoms with van der Waals surface area (Å²) in [5.41, 5.74) is 9.60. The monoisotopic (exact) mass is 437 g/mol. The van der Waals surface area contributed by atoms with Crippen molar-refractivity contribution in [1.82, 2.24) is 0 Å². The van der Waals surface area contributed by atoms with Crippen LogP contribution in [0.25, 0.3) is 11.1 Å². The number of para-hydroxylation sites is 1. The van der Waals surface area contributed by atoms with E-state index in [1.165, 1.54) is 39.0 Å². The minimum atomic E-state index is 0.770. The molecule has 0 amide bonds. The molecule has 1 nitrogen and oxygen atoms in total. The zero-order chi connectivity index (χ0) is 23.0. The van der Waals surface area contributed by atoms with Gasteiger partial charge in [-0.2, -0.15) is 0 Å². The summed E-state index contributed by atoms with van der Waals surface area (Å²) in [7, 11) is 0. The smallest absolute Gasteiger partial charge is 0.0422 e. The van der Waals surface area contributed by atoms with E-state index in [1.54, 1.807) is 0 Å². The molecule has 0 saturated carbocycles. The highest BCUT2D eigenvalue weighted by Crippen LogP contribution is 2.39. The molecule has 0 aliphatic heterocycles. The molecular weight excluding hydrogens is 410 g/mol. The van der Waals surface area contributed by atoms with E-state index in [-0.39, 0.29) is 0 Å². The van der Waals surface area contributed by atoms with E-state index < -0.39 is 0 Å². The number of benzene rings is 5. The lowest BCUT2D eigenvalue weighted by molar-refractivity contribution is 1.15. The summed E-state index contributed by atoms with van der Waals surface area (Å²) < 4.78 is 0. The van der Waals surface area contributed by atoms with Crippen LogP contribution >= 0.6 is 0 Å². The van der Waals surface area contributed by atoms with Crippen molar-refractivity contribution in [1.29, 1.82) is 0 Å². The molecule has 0 unspecified atom stereocenters. The van der Waals surface area contributed by atoms with E-state index in [9.17, 15) is 0 Å². The second kappa shape index (κ2) is 10.5. The fourth-order valence-corrected chi connectivity index (χ4v) is 4.35. The SMILES string of the molecule is c1ccc(CNc2ccccc2C(=C(c2ccccc2)c2ccccc2)c2ccccc2)cc1. The molecule has 0 radical (unpaired) electrons. The third-order valence-electron chi connectivity index (χ3n) is 5.96. The molecule has 0 saturated heterocycles. The summed E-state index contributed by atoms with van der Waals surface area (Å²) in [6, 6.07) is 51.3. The van der Waals surface area contributed by atoms with E-state index in [2.05, 4.69) is 151 Å². The Morgan fingerprint density at radius 2 is 0.824 bits per heavy atom. The van der Waals surface area contributed by atoms with Crippen molar-refractivity contribution in [3.63, 3.8) is 0 Å². The second-order valence-corrected chi connectivity index (χ2v) is 8.23. The van der Waals surface area contributed by atoms with Gasteiger partial charge >= 0.3 is 0 Å². The lowest BCUT2D eigenvalue weighted by Crippen LogP contribution is -2.04. The van der Waals surface area contributed by atoms with E-state index in [4.69, 9.17) is 0 Å². The topological polar surface area (TPSA) is 12.0 Å². The molecule has 34 heavy (non-hydrogen) atoms. The fraction of sp³-hybridized carbons (Fsp3) is 0.0303. The number of nitrogens with one attached hydrogen (secondary N) is 1. The van der Waals surface area contributed by atoms with Crippen LogP contribution in [-0.4, -0.2) is 0 Å². The van der Waals surface area contributed by atoms with Crippen LogP contribution in [0.2, 0.25) is 0 Å². The van der Waals surface area contributed by atoms with E-state index >= 15 is 0 Å². The van der Waals surface area contributed by atoms with Gasteiger partial charge in [-0.25, -0.2) is 0 Å². The van der Waals surface area contributed by atoms with Crippen molar-refractivity contribution in [3.8, 4) is 0 Å². The van der Waals surface area contributed by atoms with Crippen molar-refractivity contribution >= 4 is 16.8 Å². The van der Waals surface area contributed by atoms with Crippen molar-refractivity contribution in [2.24, 2.45) is 0 Å². The first-order chi connectivity index (χ1) is 16.9. The van der Waals surface area contributed by atoms with Crippen LogP contribution in [-0.2, 0) is 6.54 Å². The van der Waals surface area contributed by atoms with Crippen LogP contribution in [0, 0.1) is 0 Å². The zero-order valence-corrected chi connectivity index (χ0v) is 19.1. The Bertz CT molecular complexity index is 1310. The molecule has 1 N–H and O–H groups in total. The van der Waals surface area contributed by atoms with E-state index in [0.29, 0.717) is 0 Å². The van der Waals surface area contributed by atoms with Crippen LogP contribution in [0.4, 0.5) is 5.69 Å². The summed E-state index contributed by atoms with van der Waals surface area (Å²) in [6.07, 6.45) is 0. The average molecular weight is 438 g/mol. The van der Waals surface area contributed by atoms with Gasteiger partial charge in [0.05, 0.1) is 0 Å². The molecule has 0 aromatic heterocycles. The Morgan fingerprint density at radius 3 is 1.35 bits per heavy atom. The summed E-state index contributed by atoms with van der Waals surface area (Å²) in [4.78, 5) is 0. The summed E-state index contributed by atoms with van der Waals surface area (Å²) in [5, 5.41) is 3.70. The molecule has 1 heteroatoms. The van der Waals surface area contributed by atoms with Crippen molar-refractivity contribution < 1.29 is 0 Å². The van der Waals surface area contributed by atoms with Gasteiger partial charge in [-0.05, 0) is 39.5 Å². The number of hydrogen-bond acceptors (Lipinski definition) is 1. The highest BCUT2D eigenvalue weighted by molar-refractivity contribution is 6.06. The molecule has 5 aromatic rings. The molecule has 0 aliphatic rings. The van der Waals surface area contributed by atoms with Crippen molar-refractivity contribution in [2.45, 2.75) is 6.54 Å². The predicted octanol–water partition coefficient (Wildman–Crippen LogP) is 8.31. The second-order valence-electron chi connectivity index (χ2n) is 8.23. The average Bonchev–Trinajstić information content (AvgIpc) is 2.93. The van der Waals surface area contributed by atoms with Gasteiger partial charge in [0, 0.05) is 17.8 Å². The normalized spacial score (nSPS) is 10.5. The lowest BCUT2D eigenvalue weighted by atomic mass is 9.85. The summed E-state index contributed by atoms with van der Waals surface area (Å²) in [6.45, 7) is 0.770. The first-order valence-corrected chi connectivity index (χ1v) is 11.7. The van der Waals surface area contributed by atoms with Gasteiger partial charge < -0.3 is 5.32 Å². The zero-order valence-electron chi connectivity index (χ0n) is 19.1. The molecular formula is C33H27N. The first-order valence-electron chi connectivity index (χ1n) is 11.7. The molecule has 0 fully saturated rings. The summed E-state index contributed by atoms with van der Waals surface area (Å²) in [5.74, 6) is 0. The van der Waals surface area contributed by atoms with E-state index in [0.717, 1.165) is 12.2 Å². The molecule has 0 spiro atoms. The fourth-order valence-electron chi connectivity index (χ4n) is 4.35. The van der Waals surface area contributed by atoms with Crippen LogP contribution in [0.5, 0.6) is 0 Å². The largest absolute Gasteiger partial charge is 0.380 e. The quantitative estimate of drug-likeness (QED) is 0.252. The van der Waals surface area contributed by atoms with Crippen molar-refractivity contribution in [3.05, 3.63) is 173 Å². The lowest BCUT2D eigenvalue weighted by Gasteiger charge is -2.21. The summed E-state index contributed by atoms with van der Waals surface area (Å²) >= 11 is 0. The Morgan fingerprint density at radius 1 is 0.412 bits per heavy atom. The number of rotatable bonds is 7. The van der Waals surface area contributed by atoms with Crippen LogP contribution in [0.1, 0.15) is 27.8 Å². The van der Waals surface area contributed by atoms with E-state index in [1.807, 2.05) is 0 Å². The van der Waals surface area contributed by atoms with Gasteiger partial charge in [-0.15, -0.1) is 0 Å². The van der Waals surface area contributed by atoms with Gasteiger partial charge in [0.15, 0.2) is 0 Å². The molecule has 0 aliphatic carbocycles. The number of anilines is 1. The highest BCUT2D eigenvalue weighted by Gasteiger charge is 2.18. The number of hydrogen-bond donors (Lipinski definition) is 1. The van der Waals surface area contributed by atoms with Crippen molar-refractivity contribution in [2.75, 3.05) is 5.32 Å². The molecule has 164 valence electrons. The first kappa shape index (κ1) is 21.5. The predicted molar refractivity (Wildman–Crippen MR) is 145 cm³/mol. The van der Waals surface area contributed by atoms with Crippen LogP contribution in [0.3, 0.4) is 0 Å². The molecule has 0 atom stereocenters. The van der Waals surface area contributed by atoms with Gasteiger partial charge in [0.2, 0.25) is 0 Å². The maximum atomic E-state index is 3.70. The van der Waals surface area contributed by atoms with Gasteiger partial charge in [0.25, 0.3) is 0 Å². The molecule has 5 rings (SSSR count). The van der Waals surface area contributed by atoms with Crippen LogP contribution < -0.4 is 5.32 Å². The van der Waals surface area contributed by atoms with Gasteiger partial charge in [0.1, 0.15) is 0 Å². The van der Waals surface area contributed by atoms with Gasteiger partial charge in [-0.1, -0.05) is 140 Å².